The maximum absolute atomic E-state index is 12.7. The van der Waals surface area contributed by atoms with Gasteiger partial charge in [0.05, 0.1) is 10.6 Å². The van der Waals surface area contributed by atoms with Crippen LogP contribution in [0.3, 0.4) is 0 Å². The number of fused-ring (bicyclic) bond motifs is 1. The number of carbonyl (C=O) groups excluding carboxylic acids is 2. The minimum absolute atomic E-state index is 0.0282. The van der Waals surface area contributed by atoms with Crippen molar-refractivity contribution in [3.8, 4) is 5.75 Å². The molecule has 4 N–H and O–H groups in total. The molecule has 1 aromatic heterocycles. The molecule has 2 amide bonds. The van der Waals surface area contributed by atoms with Crippen LogP contribution < -0.4 is 20.7 Å². The van der Waals surface area contributed by atoms with Crippen molar-refractivity contribution in [1.82, 2.24) is 20.2 Å². The molecule has 2 aromatic rings. The van der Waals surface area contributed by atoms with Crippen LogP contribution >= 0.6 is 11.6 Å². The van der Waals surface area contributed by atoms with Gasteiger partial charge in [-0.3, -0.25) is 9.59 Å². The molecule has 0 unspecified atom stereocenters. The summed E-state index contributed by atoms with van der Waals surface area (Å²) in [6.07, 6.45) is 4.87. The van der Waals surface area contributed by atoms with E-state index >= 15 is 0 Å². The first-order chi connectivity index (χ1) is 21.5. The average molecular weight is 653 g/mol. The zero-order chi connectivity index (χ0) is 32.6. The van der Waals surface area contributed by atoms with Crippen molar-refractivity contribution in [1.29, 1.82) is 0 Å². The molecule has 3 heterocycles. The molecule has 1 aromatic carbocycles. The summed E-state index contributed by atoms with van der Waals surface area (Å²) in [5, 5.41) is 17.1. The Balaban J connectivity index is 0.000000591. The predicted molar refractivity (Wildman–Crippen MR) is 162 cm³/mol. The molecule has 0 radical (unpaired) electrons. The zero-order valence-electron chi connectivity index (χ0n) is 24.8. The summed E-state index contributed by atoms with van der Waals surface area (Å²) in [5.74, 6) is -0.429. The third kappa shape index (κ3) is 9.22. The van der Waals surface area contributed by atoms with E-state index in [0.29, 0.717) is 53.4 Å². The number of aromatic nitrogens is 2. The lowest BCUT2D eigenvalue weighted by molar-refractivity contribution is -0.192. The standard InChI is InChI=1S/C28H35ClN6O3.C2HF3O2/c1-2-30-27(36)19-9-12-31-25-22(15-19)26(33-17-32-25)34-20-7-8-24(23(29)16-20)38-21-10-13-35(14-11-21)28(37)18-5-3-4-6-18;3-2(4,5)1(6)7/h7-8,15-18,21H,2-6,9-14H2,1H3,(H,30,36)(H2,31,32,33,34);(H,6,7). The highest BCUT2D eigenvalue weighted by Crippen LogP contribution is 2.34. The Morgan fingerprint density at radius 2 is 1.82 bits per heavy atom. The van der Waals surface area contributed by atoms with Crippen LogP contribution in [-0.2, 0) is 14.4 Å². The van der Waals surface area contributed by atoms with E-state index in [2.05, 4.69) is 25.9 Å². The molecule has 5 rings (SSSR count). The number of alkyl halides is 3. The van der Waals surface area contributed by atoms with Gasteiger partial charge >= 0.3 is 12.1 Å². The first-order valence-electron chi connectivity index (χ1n) is 14.9. The van der Waals surface area contributed by atoms with Gasteiger partial charge in [0.2, 0.25) is 11.8 Å². The van der Waals surface area contributed by atoms with Crippen LogP contribution in [0.4, 0.5) is 30.5 Å². The summed E-state index contributed by atoms with van der Waals surface area (Å²) >= 11 is 6.61. The van der Waals surface area contributed by atoms with Gasteiger partial charge in [0.15, 0.2) is 0 Å². The fourth-order valence-electron chi connectivity index (χ4n) is 5.40. The highest BCUT2D eigenvalue weighted by Gasteiger charge is 2.38. The van der Waals surface area contributed by atoms with Crippen molar-refractivity contribution in [2.24, 2.45) is 5.92 Å². The van der Waals surface area contributed by atoms with Gasteiger partial charge < -0.3 is 30.7 Å². The van der Waals surface area contributed by atoms with E-state index in [1.807, 2.05) is 36.1 Å². The number of aliphatic carboxylic acids is 1. The number of likely N-dealkylation sites (tertiary alicyclic amines) is 1. The number of likely N-dealkylation sites (N-methyl/N-ethyl adjacent to an activating group) is 1. The third-order valence-electron chi connectivity index (χ3n) is 7.71. The van der Waals surface area contributed by atoms with Crippen LogP contribution in [-0.4, -0.2) is 76.2 Å². The molecule has 0 atom stereocenters. The Kier molecular flexibility index (Phi) is 11.5. The second-order valence-corrected chi connectivity index (χ2v) is 11.3. The molecule has 0 bridgehead atoms. The molecule has 2 fully saturated rings. The Morgan fingerprint density at radius 3 is 2.44 bits per heavy atom. The van der Waals surface area contributed by atoms with E-state index < -0.39 is 12.1 Å². The van der Waals surface area contributed by atoms with Gasteiger partial charge in [0.1, 0.15) is 29.8 Å². The largest absolute Gasteiger partial charge is 0.490 e. The second kappa shape index (κ2) is 15.3. The number of amides is 2. The monoisotopic (exact) mass is 652 g/mol. The zero-order valence-corrected chi connectivity index (χ0v) is 25.5. The van der Waals surface area contributed by atoms with Gasteiger partial charge in [-0.05, 0) is 50.5 Å². The number of rotatable bonds is 7. The number of hydrogen-bond acceptors (Lipinski definition) is 8. The number of nitrogens with zero attached hydrogens (tertiary/aromatic N) is 3. The van der Waals surface area contributed by atoms with E-state index in [1.54, 1.807) is 0 Å². The summed E-state index contributed by atoms with van der Waals surface area (Å²) in [7, 11) is 0. The topological polar surface area (TPSA) is 146 Å². The summed E-state index contributed by atoms with van der Waals surface area (Å²) < 4.78 is 38.0. The lowest BCUT2D eigenvalue weighted by Gasteiger charge is -2.33. The lowest BCUT2D eigenvalue weighted by Crippen LogP contribution is -2.44. The molecule has 0 spiro atoms. The Morgan fingerprint density at radius 1 is 1.13 bits per heavy atom. The van der Waals surface area contributed by atoms with E-state index in [1.165, 1.54) is 19.2 Å². The number of carboxylic acid groups (broad SMARTS) is 1. The maximum Gasteiger partial charge on any atom is 0.490 e. The van der Waals surface area contributed by atoms with Gasteiger partial charge in [0, 0.05) is 56.2 Å². The molecule has 244 valence electrons. The molecule has 1 saturated heterocycles. The summed E-state index contributed by atoms with van der Waals surface area (Å²) in [6.45, 7) is 4.54. The van der Waals surface area contributed by atoms with Crippen LogP contribution in [0.5, 0.6) is 5.75 Å². The van der Waals surface area contributed by atoms with Crippen LogP contribution in [0.25, 0.3) is 6.08 Å². The quantitative estimate of drug-likeness (QED) is 0.309. The van der Waals surface area contributed by atoms with Crippen LogP contribution in [0.1, 0.15) is 57.4 Å². The molecular weight excluding hydrogens is 617 g/mol. The van der Waals surface area contributed by atoms with Crippen molar-refractivity contribution in [2.75, 3.05) is 36.8 Å². The summed E-state index contributed by atoms with van der Waals surface area (Å²) in [4.78, 5) is 44.9. The third-order valence-corrected chi connectivity index (χ3v) is 8.00. The molecule has 3 aliphatic rings. The van der Waals surface area contributed by atoms with Crippen molar-refractivity contribution in [3.05, 3.63) is 40.7 Å². The Bertz CT molecular complexity index is 1410. The van der Waals surface area contributed by atoms with Gasteiger partial charge in [0.25, 0.3) is 0 Å². The summed E-state index contributed by atoms with van der Waals surface area (Å²) in [5.41, 5.74) is 2.15. The number of benzene rings is 1. The smallest absolute Gasteiger partial charge is 0.489 e. The fourth-order valence-corrected chi connectivity index (χ4v) is 5.63. The van der Waals surface area contributed by atoms with Gasteiger partial charge in [-0.1, -0.05) is 24.4 Å². The minimum Gasteiger partial charge on any atom is -0.489 e. The van der Waals surface area contributed by atoms with Crippen molar-refractivity contribution < 1.29 is 37.4 Å². The number of hydrogen-bond donors (Lipinski definition) is 4. The first-order valence-corrected chi connectivity index (χ1v) is 15.2. The SMILES string of the molecule is CCNC(=O)C1=Cc2c(ncnc2Nc2ccc(OC3CCN(C(=O)C4CCCC4)CC3)c(Cl)c2)NCC1.O=C(O)C(F)(F)F. The number of anilines is 3. The molecular formula is C30H36ClF3N6O5. The predicted octanol–water partition coefficient (Wildman–Crippen LogP) is 5.40. The molecule has 2 aliphatic heterocycles. The Hall–Kier alpha value is -4.07. The number of ether oxygens (including phenoxy) is 1. The number of piperidine rings is 1. The van der Waals surface area contributed by atoms with Gasteiger partial charge in [-0.15, -0.1) is 0 Å². The van der Waals surface area contributed by atoms with Crippen molar-refractivity contribution >= 4 is 52.8 Å². The number of nitrogens with one attached hydrogen (secondary N) is 3. The number of carbonyl (C=O) groups is 3. The first kappa shape index (κ1) is 33.8. The van der Waals surface area contributed by atoms with Crippen LogP contribution in [0.15, 0.2) is 30.1 Å². The van der Waals surface area contributed by atoms with Crippen LogP contribution in [0, 0.1) is 5.92 Å². The number of carboxylic acids is 1. The molecule has 1 saturated carbocycles. The van der Waals surface area contributed by atoms with E-state index in [9.17, 15) is 22.8 Å². The average Bonchev–Trinajstić information content (AvgIpc) is 3.45. The van der Waals surface area contributed by atoms with E-state index in [-0.39, 0.29) is 17.9 Å². The van der Waals surface area contributed by atoms with E-state index in [4.69, 9.17) is 26.2 Å². The van der Waals surface area contributed by atoms with Crippen LogP contribution in [0.2, 0.25) is 5.02 Å². The summed E-state index contributed by atoms with van der Waals surface area (Å²) in [6, 6.07) is 5.56. The number of halogens is 4. The normalized spacial score (nSPS) is 17.1. The molecule has 1 aliphatic carbocycles. The Labute approximate surface area is 263 Å². The minimum atomic E-state index is -5.08. The highest BCUT2D eigenvalue weighted by molar-refractivity contribution is 6.32. The van der Waals surface area contributed by atoms with Gasteiger partial charge in [-0.25, -0.2) is 14.8 Å². The lowest BCUT2D eigenvalue weighted by atomic mass is 10.0. The van der Waals surface area contributed by atoms with E-state index in [0.717, 1.165) is 50.0 Å². The second-order valence-electron chi connectivity index (χ2n) is 10.9. The van der Waals surface area contributed by atoms with Gasteiger partial charge in [-0.2, -0.15) is 13.2 Å². The molecule has 11 nitrogen and oxygen atoms in total. The fraction of sp³-hybridized carbons (Fsp3) is 0.500. The molecule has 15 heteroatoms. The van der Waals surface area contributed by atoms with Crippen molar-refractivity contribution in [2.45, 2.75) is 64.1 Å². The molecule has 45 heavy (non-hydrogen) atoms. The van der Waals surface area contributed by atoms with Crippen molar-refractivity contribution in [3.63, 3.8) is 0 Å². The maximum atomic E-state index is 12.7. The highest BCUT2D eigenvalue weighted by atomic mass is 35.5.